The minimum Gasteiger partial charge on any atom is -0.463 e. The zero-order valence-corrected chi connectivity index (χ0v) is 29.5. The van der Waals surface area contributed by atoms with Crippen molar-refractivity contribution in [2.45, 2.75) is 57.4 Å². The van der Waals surface area contributed by atoms with Gasteiger partial charge in [0, 0.05) is 54.8 Å². The number of halogens is 3. The highest BCUT2D eigenvalue weighted by Crippen LogP contribution is 2.47. The molecule has 2 aliphatic rings. The number of pyridine rings is 1. The topological polar surface area (TPSA) is 93.8 Å². The van der Waals surface area contributed by atoms with E-state index in [1.54, 1.807) is 6.20 Å². The first-order valence-electron chi connectivity index (χ1n) is 16.9. The predicted molar refractivity (Wildman–Crippen MR) is 190 cm³/mol. The molecule has 0 N–H and O–H groups in total. The van der Waals surface area contributed by atoms with Crippen LogP contribution in [0.2, 0.25) is 0 Å². The molecular formula is C36H43F3N8OS. The fraction of sp³-hybridized carbons (Fsp3) is 0.528. The number of benzene rings is 1. The third-order valence-electron chi connectivity index (χ3n) is 10.2. The monoisotopic (exact) mass is 692 g/mol. The van der Waals surface area contributed by atoms with Crippen molar-refractivity contribution in [2.75, 3.05) is 65.5 Å². The lowest BCUT2D eigenvalue weighted by molar-refractivity contribution is 0.0682. The van der Waals surface area contributed by atoms with Crippen LogP contribution in [0.15, 0.2) is 23.3 Å². The molecule has 0 saturated heterocycles. The average Bonchev–Trinajstić information content (AvgIpc) is 3.73. The standard InChI is InChI=1S/C36H43F3N8OS/c1-6-16-47(17-8-15-37)20-35(13-14-35)22-48-34-43-30-25(32(44-34)46(5)21-36(45(3)4)11-7-12-36)19-42-29(28(30)39)23-9-10-26(38)31-27(23)24(18-40)33(41-2)49-31/h9-10,19H,2,6-8,11-17,20-22H2,1,3-5H3. The maximum Gasteiger partial charge on any atom is 0.319 e. The van der Waals surface area contributed by atoms with E-state index in [2.05, 4.69) is 58.6 Å². The summed E-state index contributed by atoms with van der Waals surface area (Å²) in [6, 6.07) is 4.82. The molecule has 2 fully saturated rings. The zero-order valence-electron chi connectivity index (χ0n) is 28.7. The molecule has 6 rings (SSSR count). The summed E-state index contributed by atoms with van der Waals surface area (Å²) in [5, 5.41) is 10.9. The van der Waals surface area contributed by atoms with E-state index in [0.29, 0.717) is 37.3 Å². The van der Waals surface area contributed by atoms with Gasteiger partial charge in [0.05, 0.1) is 28.9 Å². The average molecular weight is 693 g/mol. The van der Waals surface area contributed by atoms with Crippen LogP contribution in [-0.4, -0.2) is 97.6 Å². The van der Waals surface area contributed by atoms with Gasteiger partial charge in [-0.25, -0.2) is 8.78 Å². The second kappa shape index (κ2) is 14.2. The fourth-order valence-corrected chi connectivity index (χ4v) is 8.06. The summed E-state index contributed by atoms with van der Waals surface area (Å²) in [6.45, 7) is 8.69. The van der Waals surface area contributed by atoms with Gasteiger partial charge in [0.2, 0.25) is 0 Å². The number of rotatable bonds is 16. The maximum absolute atomic E-state index is 16.9. The minimum absolute atomic E-state index is 0.0260. The van der Waals surface area contributed by atoms with E-state index < -0.39 is 11.6 Å². The fourth-order valence-electron chi connectivity index (χ4n) is 7.07. The number of hydrogen-bond donors (Lipinski definition) is 0. The van der Waals surface area contributed by atoms with Crippen LogP contribution < -0.4 is 9.64 Å². The number of aliphatic imine (C=N–C) groups is 1. The van der Waals surface area contributed by atoms with E-state index in [0.717, 1.165) is 63.0 Å². The zero-order chi connectivity index (χ0) is 34.9. The molecule has 0 amide bonds. The van der Waals surface area contributed by atoms with Gasteiger partial charge in [0.25, 0.3) is 0 Å². The van der Waals surface area contributed by atoms with Crippen LogP contribution >= 0.6 is 11.3 Å². The lowest BCUT2D eigenvalue weighted by Gasteiger charge is -2.49. The van der Waals surface area contributed by atoms with Crippen LogP contribution in [-0.2, 0) is 0 Å². The number of nitriles is 1. The number of alkyl halides is 1. The number of thiophene rings is 1. The number of ether oxygens (including phenoxy) is 1. The maximum atomic E-state index is 16.9. The van der Waals surface area contributed by atoms with Gasteiger partial charge in [0.15, 0.2) is 5.82 Å². The Morgan fingerprint density at radius 2 is 1.88 bits per heavy atom. The quantitative estimate of drug-likeness (QED) is 0.111. The van der Waals surface area contributed by atoms with E-state index in [9.17, 15) is 14.0 Å². The van der Waals surface area contributed by atoms with Gasteiger partial charge in [-0.2, -0.15) is 15.2 Å². The molecule has 0 spiro atoms. The molecular weight excluding hydrogens is 650 g/mol. The predicted octanol–water partition coefficient (Wildman–Crippen LogP) is 7.54. The van der Waals surface area contributed by atoms with Gasteiger partial charge in [-0.15, -0.1) is 11.3 Å². The lowest BCUT2D eigenvalue weighted by Crippen LogP contribution is -2.56. The Balaban J connectivity index is 1.42. The molecule has 260 valence electrons. The lowest BCUT2D eigenvalue weighted by atomic mass is 9.75. The van der Waals surface area contributed by atoms with Gasteiger partial charge < -0.3 is 19.4 Å². The van der Waals surface area contributed by atoms with Gasteiger partial charge in [0.1, 0.15) is 33.9 Å². The largest absolute Gasteiger partial charge is 0.463 e. The van der Waals surface area contributed by atoms with Crippen molar-refractivity contribution in [2.24, 2.45) is 10.4 Å². The minimum atomic E-state index is -0.719. The Hall–Kier alpha value is -3.86. The summed E-state index contributed by atoms with van der Waals surface area (Å²) in [5.41, 5.74) is 0.205. The summed E-state index contributed by atoms with van der Waals surface area (Å²) in [6.07, 6.45) is 8.18. The van der Waals surface area contributed by atoms with E-state index in [-0.39, 0.29) is 61.1 Å². The second-order valence-corrected chi connectivity index (χ2v) is 14.8. The van der Waals surface area contributed by atoms with Crippen LogP contribution in [0, 0.1) is 28.4 Å². The molecule has 0 aliphatic heterocycles. The Bertz CT molecular complexity index is 1900. The number of nitrogens with zero attached hydrogens (tertiary/aromatic N) is 8. The summed E-state index contributed by atoms with van der Waals surface area (Å²) in [7, 11) is 6.09. The SMILES string of the molecule is C=Nc1sc2c(F)ccc(-c3ncc4c(N(C)CC5(N(C)C)CCC5)nc(OCC5(CN(CCC)CCCF)CC5)nc4c3F)c2c1C#N. The van der Waals surface area contributed by atoms with E-state index in [1.807, 2.05) is 11.9 Å². The molecule has 13 heteroatoms. The number of hydrogen-bond acceptors (Lipinski definition) is 10. The van der Waals surface area contributed by atoms with Gasteiger partial charge in [-0.1, -0.05) is 6.92 Å². The van der Waals surface area contributed by atoms with Crippen LogP contribution in [0.3, 0.4) is 0 Å². The highest BCUT2D eigenvalue weighted by molar-refractivity contribution is 7.23. The number of anilines is 1. The number of aromatic nitrogens is 3. The van der Waals surface area contributed by atoms with Crippen molar-refractivity contribution in [3.8, 4) is 23.3 Å². The Morgan fingerprint density at radius 3 is 2.49 bits per heavy atom. The van der Waals surface area contributed by atoms with Crippen molar-refractivity contribution >= 4 is 49.9 Å². The van der Waals surface area contributed by atoms with E-state index >= 15 is 4.39 Å². The Morgan fingerprint density at radius 1 is 1.10 bits per heavy atom. The smallest absolute Gasteiger partial charge is 0.319 e. The summed E-state index contributed by atoms with van der Waals surface area (Å²) in [4.78, 5) is 24.5. The third kappa shape index (κ3) is 6.70. The molecule has 3 heterocycles. The first-order chi connectivity index (χ1) is 23.6. The molecule has 2 saturated carbocycles. The summed E-state index contributed by atoms with van der Waals surface area (Å²) < 4.78 is 51.3. The molecule has 0 bridgehead atoms. The molecule has 0 unspecified atom stereocenters. The first-order valence-corrected chi connectivity index (χ1v) is 17.7. The first kappa shape index (κ1) is 35.0. The van der Waals surface area contributed by atoms with Crippen LogP contribution in [0.5, 0.6) is 6.01 Å². The van der Waals surface area contributed by atoms with Crippen molar-refractivity contribution in [1.82, 2.24) is 24.8 Å². The summed E-state index contributed by atoms with van der Waals surface area (Å²) in [5.74, 6) is -0.759. The normalized spacial score (nSPS) is 16.2. The van der Waals surface area contributed by atoms with Crippen molar-refractivity contribution < 1.29 is 17.9 Å². The second-order valence-electron chi connectivity index (χ2n) is 13.8. The highest BCUT2D eigenvalue weighted by Gasteiger charge is 2.45. The van der Waals surface area contributed by atoms with Gasteiger partial charge in [-0.05, 0) is 84.4 Å². The molecule has 3 aromatic heterocycles. The number of likely N-dealkylation sites (N-methyl/N-ethyl adjacent to an activating group) is 2. The molecule has 0 radical (unpaired) electrons. The van der Waals surface area contributed by atoms with Crippen molar-refractivity contribution in [3.63, 3.8) is 0 Å². The van der Waals surface area contributed by atoms with Crippen LogP contribution in [0.1, 0.15) is 57.4 Å². The van der Waals surface area contributed by atoms with Crippen molar-refractivity contribution in [1.29, 1.82) is 5.26 Å². The molecule has 4 aromatic rings. The highest BCUT2D eigenvalue weighted by atomic mass is 32.1. The van der Waals surface area contributed by atoms with Crippen LogP contribution in [0.4, 0.5) is 24.0 Å². The summed E-state index contributed by atoms with van der Waals surface area (Å²) >= 11 is 0.988. The van der Waals surface area contributed by atoms with Gasteiger partial charge in [-0.3, -0.25) is 14.4 Å². The van der Waals surface area contributed by atoms with Crippen LogP contribution in [0.25, 0.3) is 32.2 Å². The van der Waals surface area contributed by atoms with E-state index in [1.165, 1.54) is 12.1 Å². The Labute approximate surface area is 289 Å². The van der Waals surface area contributed by atoms with E-state index in [4.69, 9.17) is 9.72 Å². The van der Waals surface area contributed by atoms with Crippen molar-refractivity contribution in [3.05, 3.63) is 35.5 Å². The molecule has 49 heavy (non-hydrogen) atoms. The Kier molecular flexibility index (Phi) is 10.1. The molecule has 2 aliphatic carbocycles. The third-order valence-corrected chi connectivity index (χ3v) is 11.4. The molecule has 1 aromatic carbocycles. The molecule has 0 atom stereocenters. The van der Waals surface area contributed by atoms with Gasteiger partial charge >= 0.3 is 6.01 Å². The molecule has 9 nitrogen and oxygen atoms in total. The number of fused-ring (bicyclic) bond motifs is 2.